The second kappa shape index (κ2) is 6.68. The van der Waals surface area contributed by atoms with Crippen LogP contribution in [0.4, 0.5) is 4.39 Å². The minimum Gasteiger partial charge on any atom is -0.394 e. The Morgan fingerprint density at radius 2 is 2.22 bits per heavy atom. The largest absolute Gasteiger partial charge is 0.394 e. The molecule has 1 aliphatic carbocycles. The number of amides is 1. The molecular weight excluding hydrogens is 323 g/mol. The van der Waals surface area contributed by atoms with Gasteiger partial charge in [0.05, 0.1) is 17.7 Å². The van der Waals surface area contributed by atoms with Crippen LogP contribution in [0.5, 0.6) is 0 Å². The number of aromatic nitrogens is 1. The Labute approximate surface area is 137 Å². The second-order valence-corrected chi connectivity index (χ2v) is 5.93. The summed E-state index contributed by atoms with van der Waals surface area (Å²) in [7, 11) is 0. The van der Waals surface area contributed by atoms with Crippen molar-refractivity contribution < 1.29 is 18.8 Å². The summed E-state index contributed by atoms with van der Waals surface area (Å²) in [6, 6.07) is 3.40. The molecule has 0 spiro atoms. The van der Waals surface area contributed by atoms with E-state index < -0.39 is 17.8 Å². The van der Waals surface area contributed by atoms with E-state index in [2.05, 4.69) is 10.5 Å². The van der Waals surface area contributed by atoms with Crippen LogP contribution in [0.25, 0.3) is 0 Å². The molecule has 23 heavy (non-hydrogen) atoms. The maximum absolute atomic E-state index is 13.6. The standard InChI is InChI=1S/C16H16ClFN2O3/c17-11-6-5-9(7-12(11)18)13(8-21)19-16(22)15-10-3-1-2-4-14(10)23-20-15/h5-7,13,21H,1-4,8H2,(H,19,22). The number of aliphatic hydroxyl groups is 1. The minimum absolute atomic E-state index is 0.0117. The molecule has 2 N–H and O–H groups in total. The van der Waals surface area contributed by atoms with Crippen LogP contribution in [-0.4, -0.2) is 22.8 Å². The van der Waals surface area contributed by atoms with E-state index in [1.807, 2.05) is 0 Å². The number of carbonyl (C=O) groups excluding carboxylic acids is 1. The first-order valence-corrected chi connectivity index (χ1v) is 7.82. The van der Waals surface area contributed by atoms with Crippen LogP contribution >= 0.6 is 11.6 Å². The molecule has 2 aromatic rings. The monoisotopic (exact) mass is 338 g/mol. The molecule has 0 radical (unpaired) electrons. The van der Waals surface area contributed by atoms with Gasteiger partial charge in [-0.2, -0.15) is 0 Å². The van der Waals surface area contributed by atoms with Gasteiger partial charge < -0.3 is 14.9 Å². The van der Waals surface area contributed by atoms with Crippen molar-refractivity contribution in [3.05, 3.63) is 51.6 Å². The van der Waals surface area contributed by atoms with E-state index in [0.717, 1.165) is 37.0 Å². The van der Waals surface area contributed by atoms with Gasteiger partial charge in [0, 0.05) is 12.0 Å². The van der Waals surface area contributed by atoms with Crippen molar-refractivity contribution in [2.75, 3.05) is 6.61 Å². The van der Waals surface area contributed by atoms with E-state index in [-0.39, 0.29) is 17.3 Å². The van der Waals surface area contributed by atoms with Crippen molar-refractivity contribution in [1.82, 2.24) is 10.5 Å². The van der Waals surface area contributed by atoms with Crippen molar-refractivity contribution in [1.29, 1.82) is 0 Å². The Morgan fingerprint density at radius 1 is 1.43 bits per heavy atom. The summed E-state index contributed by atoms with van der Waals surface area (Å²) < 4.78 is 18.8. The lowest BCUT2D eigenvalue weighted by atomic mass is 9.96. The number of halogens is 2. The first kappa shape index (κ1) is 16.0. The van der Waals surface area contributed by atoms with E-state index in [1.165, 1.54) is 12.1 Å². The molecule has 1 aromatic carbocycles. The molecule has 1 aromatic heterocycles. The molecule has 3 rings (SSSR count). The van der Waals surface area contributed by atoms with Gasteiger partial charge in [0.25, 0.3) is 5.91 Å². The zero-order valence-electron chi connectivity index (χ0n) is 12.3. The molecule has 5 nitrogen and oxygen atoms in total. The quantitative estimate of drug-likeness (QED) is 0.899. The molecule has 1 aliphatic rings. The average molecular weight is 339 g/mol. The summed E-state index contributed by atoms with van der Waals surface area (Å²) in [5, 5.41) is 16.0. The highest BCUT2D eigenvalue weighted by molar-refractivity contribution is 6.30. The van der Waals surface area contributed by atoms with Crippen molar-refractivity contribution in [2.24, 2.45) is 0 Å². The SMILES string of the molecule is O=C(NC(CO)c1ccc(Cl)c(F)c1)c1noc2c1CCCC2. The van der Waals surface area contributed by atoms with Crippen LogP contribution in [0.1, 0.15) is 46.3 Å². The van der Waals surface area contributed by atoms with Crippen LogP contribution < -0.4 is 5.32 Å². The first-order valence-electron chi connectivity index (χ1n) is 7.44. The molecule has 7 heteroatoms. The molecule has 1 amide bonds. The van der Waals surface area contributed by atoms with Gasteiger partial charge in [-0.05, 0) is 37.0 Å². The predicted molar refractivity (Wildman–Crippen MR) is 81.8 cm³/mol. The lowest BCUT2D eigenvalue weighted by Gasteiger charge is -2.17. The summed E-state index contributed by atoms with van der Waals surface area (Å²) in [6.07, 6.45) is 3.54. The van der Waals surface area contributed by atoms with Crippen LogP contribution in [-0.2, 0) is 12.8 Å². The van der Waals surface area contributed by atoms with Crippen LogP contribution in [0.15, 0.2) is 22.7 Å². The maximum Gasteiger partial charge on any atom is 0.274 e. The van der Waals surface area contributed by atoms with Crippen LogP contribution in [0, 0.1) is 5.82 Å². The number of nitrogens with zero attached hydrogens (tertiary/aromatic N) is 1. The van der Waals surface area contributed by atoms with E-state index in [1.54, 1.807) is 6.07 Å². The summed E-state index contributed by atoms with van der Waals surface area (Å²) in [5.41, 5.74) is 1.50. The Kier molecular flexibility index (Phi) is 4.63. The second-order valence-electron chi connectivity index (χ2n) is 5.52. The zero-order chi connectivity index (χ0) is 16.4. The van der Waals surface area contributed by atoms with Gasteiger partial charge in [-0.3, -0.25) is 4.79 Å². The van der Waals surface area contributed by atoms with Gasteiger partial charge >= 0.3 is 0 Å². The fraction of sp³-hybridized carbons (Fsp3) is 0.375. The van der Waals surface area contributed by atoms with Gasteiger partial charge in [-0.1, -0.05) is 22.8 Å². The van der Waals surface area contributed by atoms with Crippen molar-refractivity contribution in [3.8, 4) is 0 Å². The van der Waals surface area contributed by atoms with Gasteiger partial charge in [-0.25, -0.2) is 4.39 Å². The molecule has 1 atom stereocenters. The molecular formula is C16H16ClFN2O3. The van der Waals surface area contributed by atoms with Crippen LogP contribution in [0.3, 0.4) is 0 Å². The van der Waals surface area contributed by atoms with E-state index in [9.17, 15) is 14.3 Å². The topological polar surface area (TPSA) is 75.4 Å². The minimum atomic E-state index is -0.745. The Balaban J connectivity index is 1.80. The van der Waals surface area contributed by atoms with E-state index >= 15 is 0 Å². The highest BCUT2D eigenvalue weighted by Crippen LogP contribution is 2.25. The van der Waals surface area contributed by atoms with Crippen molar-refractivity contribution in [3.63, 3.8) is 0 Å². The fourth-order valence-electron chi connectivity index (χ4n) is 2.75. The number of fused-ring (bicyclic) bond motifs is 1. The Hall–Kier alpha value is -1.92. The summed E-state index contributed by atoms with van der Waals surface area (Å²) in [5.74, 6) is -0.290. The molecule has 1 unspecified atom stereocenters. The zero-order valence-corrected chi connectivity index (χ0v) is 13.1. The Morgan fingerprint density at radius 3 is 2.96 bits per heavy atom. The third-order valence-electron chi connectivity index (χ3n) is 4.00. The molecule has 0 fully saturated rings. The summed E-state index contributed by atoms with van der Waals surface area (Å²) >= 11 is 5.65. The highest BCUT2D eigenvalue weighted by Gasteiger charge is 2.26. The number of hydrogen-bond donors (Lipinski definition) is 2. The van der Waals surface area contributed by atoms with Crippen molar-refractivity contribution >= 4 is 17.5 Å². The normalized spacial score (nSPS) is 15.1. The number of aryl methyl sites for hydroxylation is 1. The predicted octanol–water partition coefficient (Wildman–Crippen LogP) is 2.81. The average Bonchev–Trinajstić information content (AvgIpc) is 2.99. The highest BCUT2D eigenvalue weighted by atomic mass is 35.5. The molecule has 0 saturated heterocycles. The lowest BCUT2D eigenvalue weighted by molar-refractivity contribution is 0.0906. The van der Waals surface area contributed by atoms with Gasteiger partial charge in [0.15, 0.2) is 5.69 Å². The van der Waals surface area contributed by atoms with Gasteiger partial charge in [-0.15, -0.1) is 0 Å². The third-order valence-corrected chi connectivity index (χ3v) is 4.31. The number of aliphatic hydroxyl groups excluding tert-OH is 1. The van der Waals surface area contributed by atoms with Crippen LogP contribution in [0.2, 0.25) is 5.02 Å². The van der Waals surface area contributed by atoms with Crippen molar-refractivity contribution in [2.45, 2.75) is 31.7 Å². The number of benzene rings is 1. The van der Waals surface area contributed by atoms with Gasteiger partial charge in [0.1, 0.15) is 11.6 Å². The lowest BCUT2D eigenvalue weighted by Crippen LogP contribution is -2.31. The number of carbonyl (C=O) groups is 1. The maximum atomic E-state index is 13.6. The summed E-state index contributed by atoms with van der Waals surface area (Å²) in [6.45, 7) is -0.368. The Bertz CT molecular complexity index is 732. The third kappa shape index (κ3) is 3.23. The fourth-order valence-corrected chi connectivity index (χ4v) is 2.87. The number of hydrogen-bond acceptors (Lipinski definition) is 4. The molecule has 0 aliphatic heterocycles. The smallest absolute Gasteiger partial charge is 0.274 e. The van der Waals surface area contributed by atoms with Gasteiger partial charge in [0.2, 0.25) is 0 Å². The summed E-state index contributed by atoms with van der Waals surface area (Å²) in [4.78, 5) is 12.4. The van der Waals surface area contributed by atoms with E-state index in [4.69, 9.17) is 16.1 Å². The number of nitrogens with one attached hydrogen (secondary N) is 1. The molecule has 0 bridgehead atoms. The molecule has 122 valence electrons. The first-order chi connectivity index (χ1) is 11.1. The number of rotatable bonds is 4. The molecule has 0 saturated carbocycles. The van der Waals surface area contributed by atoms with E-state index in [0.29, 0.717) is 5.56 Å². The molecule has 1 heterocycles.